The van der Waals surface area contributed by atoms with Crippen molar-refractivity contribution < 1.29 is 27.7 Å². The van der Waals surface area contributed by atoms with Crippen LogP contribution in [0.25, 0.3) is 0 Å². The summed E-state index contributed by atoms with van der Waals surface area (Å²) in [6, 6.07) is 9.97. The molecule has 0 aliphatic carbocycles. The Bertz CT molecular complexity index is 1270. The van der Waals surface area contributed by atoms with Gasteiger partial charge < -0.3 is 15.0 Å². The Morgan fingerprint density at radius 1 is 1.13 bits per heavy atom. The Kier molecular flexibility index (Phi) is 10.6. The lowest BCUT2D eigenvalue weighted by Crippen LogP contribution is -2.53. The lowest BCUT2D eigenvalue weighted by Gasteiger charge is -2.33. The second kappa shape index (κ2) is 13.2. The molecule has 11 nitrogen and oxygen atoms in total. The second-order valence-corrected chi connectivity index (χ2v) is 11.0. The predicted octanol–water partition coefficient (Wildman–Crippen LogP) is 3.40. The molecule has 12 heteroatoms. The van der Waals surface area contributed by atoms with E-state index in [1.165, 1.54) is 24.1 Å². The molecule has 0 aliphatic rings. The highest BCUT2D eigenvalue weighted by Crippen LogP contribution is 2.34. The highest BCUT2D eigenvalue weighted by atomic mass is 32.2. The fourth-order valence-electron chi connectivity index (χ4n) is 3.95. The van der Waals surface area contributed by atoms with Gasteiger partial charge in [0.25, 0.3) is 5.69 Å². The number of hydrogen-bond acceptors (Lipinski definition) is 7. The summed E-state index contributed by atoms with van der Waals surface area (Å²) in [5.41, 5.74) is 1.22. The monoisotopic (exact) mass is 548 g/mol. The van der Waals surface area contributed by atoms with Crippen LogP contribution < -0.4 is 14.4 Å². The molecule has 2 aromatic rings. The third kappa shape index (κ3) is 7.91. The molecule has 2 aromatic carbocycles. The predicted molar refractivity (Wildman–Crippen MR) is 146 cm³/mol. The highest BCUT2D eigenvalue weighted by molar-refractivity contribution is 7.92. The first-order valence-electron chi connectivity index (χ1n) is 12.3. The molecule has 2 amide bonds. The van der Waals surface area contributed by atoms with Crippen molar-refractivity contribution in [3.8, 4) is 5.75 Å². The summed E-state index contributed by atoms with van der Waals surface area (Å²) in [4.78, 5) is 39.1. The Hall–Kier alpha value is -3.67. The number of nitrogens with zero attached hydrogens (tertiary/aromatic N) is 3. The fourth-order valence-corrected chi connectivity index (χ4v) is 4.79. The standard InChI is InChI=1S/C26H36N4O7S/c1-7-19(4)27-26(32)22(8-2)28(16-20-11-9-10-18(3)14-20)25(31)17-29(38(6,35)36)23-15-21(30(33)34)12-13-24(23)37-5/h9-15,19,22H,7-8,16-17H2,1-6H3,(H,27,32)/t19-,22-/m1/s1. The molecule has 0 aromatic heterocycles. The summed E-state index contributed by atoms with van der Waals surface area (Å²) in [7, 11) is -2.80. The normalized spacial score (nSPS) is 12.8. The van der Waals surface area contributed by atoms with Gasteiger partial charge in [0.15, 0.2) is 0 Å². The molecule has 0 bridgehead atoms. The maximum absolute atomic E-state index is 13.8. The molecular formula is C26H36N4O7S. The topological polar surface area (TPSA) is 139 Å². The van der Waals surface area contributed by atoms with Crippen LogP contribution >= 0.6 is 0 Å². The van der Waals surface area contributed by atoms with Crippen molar-refractivity contribution in [1.82, 2.24) is 10.2 Å². The molecule has 0 spiro atoms. The van der Waals surface area contributed by atoms with Gasteiger partial charge in [0, 0.05) is 24.7 Å². The molecule has 0 saturated heterocycles. The highest BCUT2D eigenvalue weighted by Gasteiger charge is 2.33. The number of methoxy groups -OCH3 is 1. The zero-order chi connectivity index (χ0) is 28.6. The van der Waals surface area contributed by atoms with E-state index < -0.39 is 33.4 Å². The third-order valence-corrected chi connectivity index (χ3v) is 7.27. The number of anilines is 1. The molecule has 0 fully saturated rings. The molecule has 2 atom stereocenters. The molecule has 208 valence electrons. The van der Waals surface area contributed by atoms with Crippen LogP contribution in [0.15, 0.2) is 42.5 Å². The van der Waals surface area contributed by atoms with Gasteiger partial charge in [0.2, 0.25) is 21.8 Å². The number of hydrogen-bond donors (Lipinski definition) is 1. The van der Waals surface area contributed by atoms with Gasteiger partial charge in [-0.15, -0.1) is 0 Å². The Morgan fingerprint density at radius 3 is 2.34 bits per heavy atom. The van der Waals surface area contributed by atoms with E-state index in [2.05, 4.69) is 5.32 Å². The third-order valence-electron chi connectivity index (χ3n) is 6.14. The summed E-state index contributed by atoms with van der Waals surface area (Å²) >= 11 is 0. The maximum Gasteiger partial charge on any atom is 0.271 e. The van der Waals surface area contributed by atoms with E-state index in [0.717, 1.165) is 27.8 Å². The van der Waals surface area contributed by atoms with Crippen LogP contribution in [0.2, 0.25) is 0 Å². The lowest BCUT2D eigenvalue weighted by molar-refractivity contribution is -0.384. The summed E-state index contributed by atoms with van der Waals surface area (Å²) in [5, 5.41) is 14.3. The Labute approximate surface area is 224 Å². The smallest absolute Gasteiger partial charge is 0.271 e. The number of aryl methyl sites for hydroxylation is 1. The number of non-ortho nitro benzene ring substituents is 1. The van der Waals surface area contributed by atoms with Crippen LogP contribution in [0.4, 0.5) is 11.4 Å². The zero-order valence-corrected chi connectivity index (χ0v) is 23.4. The van der Waals surface area contributed by atoms with E-state index in [-0.39, 0.29) is 35.6 Å². The fraction of sp³-hybridized carbons (Fsp3) is 0.462. The zero-order valence-electron chi connectivity index (χ0n) is 22.6. The molecule has 2 rings (SSSR count). The van der Waals surface area contributed by atoms with Crippen molar-refractivity contribution in [1.29, 1.82) is 0 Å². The number of ether oxygens (including phenoxy) is 1. The summed E-state index contributed by atoms with van der Waals surface area (Å²) < 4.78 is 31.7. The number of carbonyl (C=O) groups excluding carboxylic acids is 2. The van der Waals surface area contributed by atoms with Crippen molar-refractivity contribution in [2.75, 3.05) is 24.2 Å². The number of nitro benzene ring substituents is 1. The Balaban J connectivity index is 2.56. The minimum atomic E-state index is -4.09. The summed E-state index contributed by atoms with van der Waals surface area (Å²) in [6.07, 6.45) is 1.89. The van der Waals surface area contributed by atoms with E-state index in [1.54, 1.807) is 6.92 Å². The van der Waals surface area contributed by atoms with Crippen molar-refractivity contribution in [2.24, 2.45) is 0 Å². The van der Waals surface area contributed by atoms with Gasteiger partial charge in [0.1, 0.15) is 24.0 Å². The van der Waals surface area contributed by atoms with Crippen LogP contribution in [0.1, 0.15) is 44.7 Å². The second-order valence-electron chi connectivity index (χ2n) is 9.14. The first-order valence-corrected chi connectivity index (χ1v) is 14.1. The van der Waals surface area contributed by atoms with Crippen LogP contribution in [0.5, 0.6) is 5.75 Å². The van der Waals surface area contributed by atoms with Gasteiger partial charge in [-0.2, -0.15) is 0 Å². The molecule has 0 saturated carbocycles. The van der Waals surface area contributed by atoms with Crippen LogP contribution in [0.3, 0.4) is 0 Å². The summed E-state index contributed by atoms with van der Waals surface area (Å²) in [5.74, 6) is -0.945. The largest absolute Gasteiger partial charge is 0.495 e. The number of rotatable bonds is 13. The Morgan fingerprint density at radius 2 is 1.82 bits per heavy atom. The molecule has 0 radical (unpaired) electrons. The number of nitrogens with one attached hydrogen (secondary N) is 1. The van der Waals surface area contributed by atoms with Crippen molar-refractivity contribution in [2.45, 2.75) is 59.2 Å². The minimum Gasteiger partial charge on any atom is -0.495 e. The van der Waals surface area contributed by atoms with Gasteiger partial charge in [-0.3, -0.25) is 24.0 Å². The molecule has 0 unspecified atom stereocenters. The number of benzene rings is 2. The average Bonchev–Trinajstić information content (AvgIpc) is 2.85. The molecule has 0 aliphatic heterocycles. The van der Waals surface area contributed by atoms with Crippen molar-refractivity contribution in [3.63, 3.8) is 0 Å². The van der Waals surface area contributed by atoms with Gasteiger partial charge in [0.05, 0.1) is 18.3 Å². The maximum atomic E-state index is 13.8. The van der Waals surface area contributed by atoms with Crippen LogP contribution in [0, 0.1) is 17.0 Å². The van der Waals surface area contributed by atoms with Crippen LogP contribution in [-0.4, -0.2) is 62.0 Å². The van der Waals surface area contributed by atoms with E-state index in [9.17, 15) is 28.1 Å². The lowest BCUT2D eigenvalue weighted by atomic mass is 10.1. The molecule has 38 heavy (non-hydrogen) atoms. The molecular weight excluding hydrogens is 512 g/mol. The quantitative estimate of drug-likeness (QED) is 0.299. The number of carbonyl (C=O) groups is 2. The first-order chi connectivity index (χ1) is 17.8. The average molecular weight is 549 g/mol. The SMILES string of the molecule is CC[C@@H](C)NC(=O)[C@@H](CC)N(Cc1cccc(C)c1)C(=O)CN(c1cc([N+](=O)[O-])ccc1OC)S(C)(=O)=O. The number of amides is 2. The van der Waals surface area contributed by atoms with Gasteiger partial charge in [-0.05, 0) is 38.3 Å². The van der Waals surface area contributed by atoms with E-state index >= 15 is 0 Å². The molecule has 1 N–H and O–H groups in total. The van der Waals surface area contributed by atoms with Gasteiger partial charge in [-0.1, -0.05) is 43.7 Å². The van der Waals surface area contributed by atoms with Crippen molar-refractivity contribution in [3.05, 3.63) is 63.7 Å². The van der Waals surface area contributed by atoms with E-state index in [1.807, 2.05) is 45.0 Å². The van der Waals surface area contributed by atoms with E-state index in [0.29, 0.717) is 12.8 Å². The van der Waals surface area contributed by atoms with Crippen LogP contribution in [-0.2, 0) is 26.2 Å². The van der Waals surface area contributed by atoms with Crippen molar-refractivity contribution >= 4 is 33.2 Å². The summed E-state index contributed by atoms with van der Waals surface area (Å²) in [6.45, 7) is 6.85. The van der Waals surface area contributed by atoms with E-state index in [4.69, 9.17) is 4.74 Å². The van der Waals surface area contributed by atoms with Gasteiger partial charge in [-0.25, -0.2) is 8.42 Å². The molecule has 0 heterocycles. The first kappa shape index (κ1) is 30.6. The van der Waals surface area contributed by atoms with Gasteiger partial charge >= 0.3 is 0 Å². The minimum absolute atomic E-state index is 0.0422. The number of sulfonamides is 1. The number of nitro groups is 1.